The number of aromatic nitrogens is 1. The number of hydrogen-bond acceptors (Lipinski definition) is 3. The third-order valence-electron chi connectivity index (χ3n) is 4.49. The molecule has 0 aromatic carbocycles. The Kier molecular flexibility index (Phi) is 3.20. The molecule has 2 aliphatic heterocycles. The Morgan fingerprint density at radius 3 is 2.45 bits per heavy atom. The van der Waals surface area contributed by atoms with E-state index in [9.17, 15) is 9.59 Å². The molecule has 1 spiro atoms. The average Bonchev–Trinajstić information content (AvgIpc) is 3.07. The van der Waals surface area contributed by atoms with Crippen LogP contribution >= 0.6 is 0 Å². The largest absolute Gasteiger partial charge is 0.342 e. The minimum Gasteiger partial charge on any atom is -0.342 e. The summed E-state index contributed by atoms with van der Waals surface area (Å²) in [5, 5.41) is 0. The number of carbonyl (C=O) groups excluding carboxylic acids is 2. The lowest BCUT2D eigenvalue weighted by atomic mass is 9.86. The summed E-state index contributed by atoms with van der Waals surface area (Å²) in [6.45, 7) is 4.73. The number of carbonyl (C=O) groups is 2. The first-order valence-electron chi connectivity index (χ1n) is 7.06. The van der Waals surface area contributed by atoms with Gasteiger partial charge in [-0.25, -0.2) is 0 Å². The van der Waals surface area contributed by atoms with Crippen LogP contribution in [-0.2, 0) is 4.79 Å². The summed E-state index contributed by atoms with van der Waals surface area (Å²) in [4.78, 5) is 31.7. The van der Waals surface area contributed by atoms with Crippen molar-refractivity contribution in [3.63, 3.8) is 0 Å². The van der Waals surface area contributed by atoms with E-state index in [0.717, 1.165) is 39.0 Å². The molecule has 3 heterocycles. The first kappa shape index (κ1) is 13.1. The molecule has 2 saturated heterocycles. The van der Waals surface area contributed by atoms with Crippen molar-refractivity contribution in [3.8, 4) is 0 Å². The van der Waals surface area contributed by atoms with Gasteiger partial charge in [-0.05, 0) is 25.0 Å². The van der Waals surface area contributed by atoms with Crippen molar-refractivity contribution in [1.82, 2.24) is 14.8 Å². The molecule has 0 bridgehead atoms. The van der Waals surface area contributed by atoms with Gasteiger partial charge in [-0.1, -0.05) is 6.07 Å². The van der Waals surface area contributed by atoms with Crippen molar-refractivity contribution in [3.05, 3.63) is 30.1 Å². The van der Waals surface area contributed by atoms with E-state index >= 15 is 0 Å². The fraction of sp³-hybridized carbons (Fsp3) is 0.533. The molecule has 20 heavy (non-hydrogen) atoms. The molecule has 106 valence electrons. The summed E-state index contributed by atoms with van der Waals surface area (Å²) in [6.07, 6.45) is 3.63. The normalized spacial score (nSPS) is 25.4. The molecule has 0 N–H and O–H groups in total. The molecule has 5 heteroatoms. The molecule has 1 aromatic heterocycles. The number of nitrogens with zero attached hydrogens (tertiary/aromatic N) is 3. The molecule has 3 rings (SSSR count). The number of hydrogen-bond donors (Lipinski definition) is 0. The van der Waals surface area contributed by atoms with Crippen LogP contribution < -0.4 is 0 Å². The van der Waals surface area contributed by atoms with E-state index < -0.39 is 0 Å². The van der Waals surface area contributed by atoms with Gasteiger partial charge in [-0.15, -0.1) is 0 Å². The number of rotatable bonds is 1. The van der Waals surface area contributed by atoms with Gasteiger partial charge < -0.3 is 9.80 Å². The fourth-order valence-electron chi connectivity index (χ4n) is 3.30. The van der Waals surface area contributed by atoms with Gasteiger partial charge in [0.05, 0.1) is 0 Å². The van der Waals surface area contributed by atoms with E-state index in [2.05, 4.69) is 4.98 Å². The number of likely N-dealkylation sites (tertiary alicyclic amines) is 2. The van der Waals surface area contributed by atoms with Gasteiger partial charge in [-0.3, -0.25) is 14.6 Å². The Bertz CT molecular complexity index is 531. The molecule has 0 unspecified atom stereocenters. The molecule has 2 amide bonds. The predicted octanol–water partition coefficient (Wildman–Crippen LogP) is 1.17. The lowest BCUT2D eigenvalue weighted by Gasteiger charge is -2.24. The van der Waals surface area contributed by atoms with Crippen LogP contribution in [0.15, 0.2) is 24.4 Å². The van der Waals surface area contributed by atoms with Gasteiger partial charge in [0, 0.05) is 44.7 Å². The second-order valence-electron chi connectivity index (χ2n) is 5.88. The molecular weight excluding hydrogens is 254 g/mol. The summed E-state index contributed by atoms with van der Waals surface area (Å²) in [5.41, 5.74) is 0.613. The molecular formula is C15H19N3O2. The molecule has 1 atom stereocenters. The van der Waals surface area contributed by atoms with Gasteiger partial charge >= 0.3 is 0 Å². The maximum absolute atomic E-state index is 12.4. The van der Waals surface area contributed by atoms with Crippen molar-refractivity contribution in [1.29, 1.82) is 0 Å². The Morgan fingerprint density at radius 1 is 1.15 bits per heavy atom. The minimum atomic E-state index is 0.00347. The van der Waals surface area contributed by atoms with Crippen LogP contribution in [0, 0.1) is 5.41 Å². The molecule has 5 nitrogen and oxygen atoms in total. The lowest BCUT2D eigenvalue weighted by molar-refractivity contribution is -0.128. The zero-order valence-corrected chi connectivity index (χ0v) is 11.7. The van der Waals surface area contributed by atoms with Crippen LogP contribution in [0.4, 0.5) is 0 Å². The van der Waals surface area contributed by atoms with Crippen LogP contribution in [0.1, 0.15) is 30.3 Å². The summed E-state index contributed by atoms with van der Waals surface area (Å²) in [6, 6.07) is 5.40. The smallest absolute Gasteiger partial charge is 0.272 e. The Balaban J connectivity index is 1.69. The van der Waals surface area contributed by atoms with Crippen molar-refractivity contribution in [2.45, 2.75) is 19.8 Å². The number of amides is 2. The zero-order valence-electron chi connectivity index (χ0n) is 11.7. The van der Waals surface area contributed by atoms with Crippen molar-refractivity contribution in [2.75, 3.05) is 26.2 Å². The maximum atomic E-state index is 12.4. The SMILES string of the molecule is CC(=O)N1CC[C@]2(CCN(C(=O)c3ccccn3)C2)C1. The Labute approximate surface area is 118 Å². The lowest BCUT2D eigenvalue weighted by Crippen LogP contribution is -2.35. The van der Waals surface area contributed by atoms with Gasteiger partial charge in [0.25, 0.3) is 5.91 Å². The summed E-state index contributed by atoms with van der Waals surface area (Å²) in [5.74, 6) is 0.139. The third-order valence-corrected chi connectivity index (χ3v) is 4.49. The second-order valence-corrected chi connectivity index (χ2v) is 5.88. The highest BCUT2D eigenvalue weighted by Crippen LogP contribution is 2.39. The van der Waals surface area contributed by atoms with Crippen molar-refractivity contribution >= 4 is 11.8 Å². The molecule has 1 aromatic rings. The quantitative estimate of drug-likeness (QED) is 0.771. The van der Waals surface area contributed by atoms with E-state index in [1.165, 1.54) is 0 Å². The predicted molar refractivity (Wildman–Crippen MR) is 74.1 cm³/mol. The van der Waals surface area contributed by atoms with E-state index in [-0.39, 0.29) is 17.2 Å². The highest BCUT2D eigenvalue weighted by atomic mass is 16.2. The van der Waals surface area contributed by atoms with Crippen LogP contribution in [0.25, 0.3) is 0 Å². The first-order valence-corrected chi connectivity index (χ1v) is 7.06. The van der Waals surface area contributed by atoms with Crippen molar-refractivity contribution in [2.24, 2.45) is 5.41 Å². The highest BCUT2D eigenvalue weighted by molar-refractivity contribution is 5.92. The number of pyridine rings is 1. The first-order chi connectivity index (χ1) is 9.60. The molecule has 2 fully saturated rings. The summed E-state index contributed by atoms with van der Waals surface area (Å²) >= 11 is 0. The van der Waals surface area contributed by atoms with Crippen LogP contribution in [-0.4, -0.2) is 52.8 Å². The van der Waals surface area contributed by atoms with Crippen LogP contribution in [0.5, 0.6) is 0 Å². The third kappa shape index (κ3) is 2.28. The molecule has 0 radical (unpaired) electrons. The summed E-state index contributed by atoms with van der Waals surface area (Å²) in [7, 11) is 0. The zero-order chi connectivity index (χ0) is 14.2. The maximum Gasteiger partial charge on any atom is 0.272 e. The van der Waals surface area contributed by atoms with Gasteiger partial charge in [-0.2, -0.15) is 0 Å². The highest BCUT2D eigenvalue weighted by Gasteiger charge is 2.45. The van der Waals surface area contributed by atoms with Gasteiger partial charge in [0.1, 0.15) is 5.69 Å². The van der Waals surface area contributed by atoms with Gasteiger partial charge in [0.15, 0.2) is 0 Å². The monoisotopic (exact) mass is 273 g/mol. The van der Waals surface area contributed by atoms with Crippen LogP contribution in [0.3, 0.4) is 0 Å². The van der Waals surface area contributed by atoms with E-state index in [1.54, 1.807) is 19.2 Å². The Morgan fingerprint density at radius 2 is 1.85 bits per heavy atom. The minimum absolute atomic E-state index is 0.00347. The van der Waals surface area contributed by atoms with Gasteiger partial charge in [0.2, 0.25) is 5.91 Å². The average molecular weight is 273 g/mol. The fourth-order valence-corrected chi connectivity index (χ4v) is 3.30. The second kappa shape index (κ2) is 4.89. The van der Waals surface area contributed by atoms with E-state index in [1.807, 2.05) is 21.9 Å². The van der Waals surface area contributed by atoms with E-state index in [4.69, 9.17) is 0 Å². The molecule has 2 aliphatic rings. The molecule has 0 saturated carbocycles. The topological polar surface area (TPSA) is 53.5 Å². The molecule has 0 aliphatic carbocycles. The Hall–Kier alpha value is -1.91. The van der Waals surface area contributed by atoms with Crippen molar-refractivity contribution < 1.29 is 9.59 Å². The van der Waals surface area contributed by atoms with E-state index in [0.29, 0.717) is 5.69 Å². The standard InChI is InChI=1S/C15H19N3O2/c1-12(19)17-8-5-15(10-17)6-9-18(11-15)14(20)13-4-2-3-7-16-13/h2-4,7H,5-6,8-11H2,1H3/t15-/m0/s1. The summed E-state index contributed by atoms with van der Waals surface area (Å²) < 4.78 is 0. The van der Waals surface area contributed by atoms with Crippen LogP contribution in [0.2, 0.25) is 0 Å².